The summed E-state index contributed by atoms with van der Waals surface area (Å²) in [5, 5.41) is 7.29. The zero-order valence-electron chi connectivity index (χ0n) is 17.9. The van der Waals surface area contributed by atoms with Crippen LogP contribution in [0.25, 0.3) is 0 Å². The molecule has 1 aromatic carbocycles. The first kappa shape index (κ1) is 26.4. The maximum Gasteiger partial charge on any atom is 0.191 e. The van der Waals surface area contributed by atoms with Gasteiger partial charge in [0.15, 0.2) is 5.96 Å². The number of nitrogens with one attached hydrogen (secondary N) is 2. The standard InChI is InChI=1S/C21H34ClFN4O.HI/c1-21(2,18-6-5-17(23)13-19(18)22)15-26-20(24-3)25-14-16-7-9-27(10-8-16)11-12-28-4;/h5-6,13,16H,7-12,14-15H2,1-4H3,(H2,24,25,26);1H. The minimum Gasteiger partial charge on any atom is -0.383 e. The van der Waals surface area contributed by atoms with E-state index in [1.54, 1.807) is 20.2 Å². The third-order valence-corrected chi connectivity index (χ3v) is 5.77. The van der Waals surface area contributed by atoms with E-state index in [9.17, 15) is 4.39 Å². The van der Waals surface area contributed by atoms with Crippen molar-refractivity contribution in [3.8, 4) is 0 Å². The Labute approximate surface area is 196 Å². The normalized spacial score (nSPS) is 16.4. The molecule has 1 saturated heterocycles. The van der Waals surface area contributed by atoms with Crippen LogP contribution >= 0.6 is 35.6 Å². The van der Waals surface area contributed by atoms with Crippen LogP contribution in [0.2, 0.25) is 5.02 Å². The zero-order chi connectivity index (χ0) is 20.6. The first-order valence-corrected chi connectivity index (χ1v) is 10.3. The van der Waals surface area contributed by atoms with Gasteiger partial charge >= 0.3 is 0 Å². The molecular formula is C21H35ClFIN4O. The van der Waals surface area contributed by atoms with E-state index in [0.717, 1.165) is 44.3 Å². The van der Waals surface area contributed by atoms with Gasteiger partial charge in [-0.1, -0.05) is 31.5 Å². The molecule has 2 N–H and O–H groups in total. The molecule has 0 radical (unpaired) electrons. The maximum absolute atomic E-state index is 13.3. The summed E-state index contributed by atoms with van der Waals surface area (Å²) in [6.07, 6.45) is 2.37. The number of likely N-dealkylation sites (tertiary alicyclic amines) is 1. The van der Waals surface area contributed by atoms with Crippen LogP contribution in [0.4, 0.5) is 4.39 Å². The number of rotatable bonds is 8. The molecule has 1 aliphatic heterocycles. The number of piperidine rings is 1. The number of guanidine groups is 1. The van der Waals surface area contributed by atoms with Crippen molar-refractivity contribution < 1.29 is 9.13 Å². The molecule has 0 atom stereocenters. The molecule has 0 unspecified atom stereocenters. The van der Waals surface area contributed by atoms with E-state index >= 15 is 0 Å². The molecule has 0 saturated carbocycles. The van der Waals surface area contributed by atoms with Crippen LogP contribution in [0.3, 0.4) is 0 Å². The lowest BCUT2D eigenvalue weighted by molar-refractivity contribution is 0.121. The Morgan fingerprint density at radius 3 is 2.59 bits per heavy atom. The Morgan fingerprint density at radius 2 is 2.00 bits per heavy atom. The van der Waals surface area contributed by atoms with E-state index in [1.165, 1.54) is 25.0 Å². The number of methoxy groups -OCH3 is 1. The zero-order valence-corrected chi connectivity index (χ0v) is 21.0. The van der Waals surface area contributed by atoms with E-state index in [0.29, 0.717) is 17.5 Å². The quantitative estimate of drug-likeness (QED) is 0.298. The molecule has 0 aromatic heterocycles. The highest BCUT2D eigenvalue weighted by Gasteiger charge is 2.24. The highest BCUT2D eigenvalue weighted by atomic mass is 127. The van der Waals surface area contributed by atoms with Gasteiger partial charge in [0.1, 0.15) is 5.82 Å². The monoisotopic (exact) mass is 540 g/mol. The molecule has 166 valence electrons. The fraction of sp³-hybridized carbons (Fsp3) is 0.667. The van der Waals surface area contributed by atoms with Crippen molar-refractivity contribution >= 4 is 41.5 Å². The molecular weight excluding hydrogens is 506 g/mol. The molecule has 1 heterocycles. The number of benzene rings is 1. The molecule has 1 fully saturated rings. The third-order valence-electron chi connectivity index (χ3n) is 5.46. The first-order valence-electron chi connectivity index (χ1n) is 9.97. The van der Waals surface area contributed by atoms with Crippen LogP contribution in [-0.2, 0) is 10.2 Å². The van der Waals surface area contributed by atoms with Gasteiger partial charge in [0.2, 0.25) is 0 Å². The largest absolute Gasteiger partial charge is 0.383 e. The van der Waals surface area contributed by atoms with Gasteiger partial charge in [-0.05, 0) is 49.5 Å². The van der Waals surface area contributed by atoms with Crippen molar-refractivity contribution in [2.24, 2.45) is 10.9 Å². The van der Waals surface area contributed by atoms with Crippen molar-refractivity contribution in [2.45, 2.75) is 32.1 Å². The summed E-state index contributed by atoms with van der Waals surface area (Å²) in [7, 11) is 3.53. The molecule has 1 aliphatic rings. The van der Waals surface area contributed by atoms with Crippen molar-refractivity contribution in [3.05, 3.63) is 34.6 Å². The Hall–Kier alpha value is -0.640. The van der Waals surface area contributed by atoms with E-state index < -0.39 is 0 Å². The topological polar surface area (TPSA) is 48.9 Å². The summed E-state index contributed by atoms with van der Waals surface area (Å²) in [6, 6.07) is 4.58. The average molecular weight is 541 g/mol. The van der Waals surface area contributed by atoms with Crippen LogP contribution in [0, 0.1) is 11.7 Å². The van der Waals surface area contributed by atoms with E-state index in [-0.39, 0.29) is 35.2 Å². The maximum atomic E-state index is 13.3. The number of halogens is 3. The number of nitrogens with zero attached hydrogens (tertiary/aromatic N) is 2. The lowest BCUT2D eigenvalue weighted by atomic mass is 9.84. The van der Waals surface area contributed by atoms with E-state index in [1.807, 2.05) is 0 Å². The van der Waals surface area contributed by atoms with Crippen molar-refractivity contribution in [3.63, 3.8) is 0 Å². The highest BCUT2D eigenvalue weighted by molar-refractivity contribution is 14.0. The smallest absolute Gasteiger partial charge is 0.191 e. The number of hydrogen-bond acceptors (Lipinski definition) is 3. The minimum atomic E-state index is -0.316. The van der Waals surface area contributed by atoms with Crippen LogP contribution in [-0.4, -0.2) is 64.3 Å². The Bertz CT molecular complexity index is 652. The van der Waals surface area contributed by atoms with Crippen molar-refractivity contribution in [2.75, 3.05) is 53.5 Å². The molecule has 1 aromatic rings. The second-order valence-electron chi connectivity index (χ2n) is 8.09. The highest BCUT2D eigenvalue weighted by Crippen LogP contribution is 2.29. The number of aliphatic imine (C=N–C) groups is 1. The van der Waals surface area contributed by atoms with Crippen molar-refractivity contribution in [1.82, 2.24) is 15.5 Å². The predicted molar refractivity (Wildman–Crippen MR) is 130 cm³/mol. The molecule has 0 aliphatic carbocycles. The Kier molecular flexibility index (Phi) is 11.8. The summed E-state index contributed by atoms with van der Waals surface area (Å²) in [5.41, 5.74) is 0.664. The lowest BCUT2D eigenvalue weighted by Gasteiger charge is -2.32. The molecule has 0 amide bonds. The van der Waals surface area contributed by atoms with Crippen LogP contribution in [0.5, 0.6) is 0 Å². The second-order valence-corrected chi connectivity index (χ2v) is 8.50. The summed E-state index contributed by atoms with van der Waals surface area (Å²) in [4.78, 5) is 6.80. The molecule has 0 bridgehead atoms. The fourth-order valence-corrected chi connectivity index (χ4v) is 3.96. The lowest BCUT2D eigenvalue weighted by Crippen LogP contribution is -2.46. The molecule has 29 heavy (non-hydrogen) atoms. The third kappa shape index (κ3) is 8.55. The fourth-order valence-electron chi connectivity index (χ4n) is 3.53. The van der Waals surface area contributed by atoms with Gasteiger partial charge in [-0.3, -0.25) is 4.99 Å². The molecule has 0 spiro atoms. The van der Waals surface area contributed by atoms with E-state index in [2.05, 4.69) is 34.4 Å². The summed E-state index contributed by atoms with van der Waals surface area (Å²) < 4.78 is 18.5. The van der Waals surface area contributed by atoms with Gasteiger partial charge in [-0.15, -0.1) is 24.0 Å². The molecule has 5 nitrogen and oxygen atoms in total. The van der Waals surface area contributed by atoms with Gasteiger partial charge in [-0.25, -0.2) is 4.39 Å². The average Bonchev–Trinajstić information content (AvgIpc) is 2.67. The Morgan fingerprint density at radius 1 is 1.31 bits per heavy atom. The molecule has 2 rings (SSSR count). The summed E-state index contributed by atoms with van der Waals surface area (Å²) in [6.45, 7) is 9.79. The SMILES string of the molecule is CN=C(NCC1CCN(CCOC)CC1)NCC(C)(C)c1ccc(F)cc1Cl.I. The van der Waals surface area contributed by atoms with E-state index in [4.69, 9.17) is 16.3 Å². The molecule has 8 heteroatoms. The van der Waals surface area contributed by atoms with Gasteiger partial charge in [0.25, 0.3) is 0 Å². The predicted octanol–water partition coefficient (Wildman–Crippen LogP) is 3.90. The van der Waals surface area contributed by atoms with Crippen molar-refractivity contribution in [1.29, 1.82) is 0 Å². The second kappa shape index (κ2) is 12.9. The van der Waals surface area contributed by atoms with Gasteiger partial charge in [-0.2, -0.15) is 0 Å². The van der Waals surface area contributed by atoms with Gasteiger partial charge < -0.3 is 20.3 Å². The minimum absolute atomic E-state index is 0. The van der Waals surface area contributed by atoms with Gasteiger partial charge in [0, 0.05) is 44.2 Å². The summed E-state index contributed by atoms with van der Waals surface area (Å²) >= 11 is 6.24. The van der Waals surface area contributed by atoms with Crippen LogP contribution in [0.15, 0.2) is 23.2 Å². The van der Waals surface area contributed by atoms with Crippen LogP contribution in [0.1, 0.15) is 32.3 Å². The summed E-state index contributed by atoms with van der Waals surface area (Å²) in [5.74, 6) is 1.12. The Balaban J connectivity index is 0.00000420. The van der Waals surface area contributed by atoms with Gasteiger partial charge in [0.05, 0.1) is 6.61 Å². The first-order chi connectivity index (χ1) is 13.4. The number of ether oxygens (including phenoxy) is 1. The number of hydrogen-bond donors (Lipinski definition) is 2. The van der Waals surface area contributed by atoms with Crippen LogP contribution < -0.4 is 10.6 Å².